The standard InChI is InChI=1S/C14H15N3O2/c1-18-12-6-3-10(4-7-12)14(17-19-2)11-5-8-13(15)16-9-11/h3-9H,1-2H3,(H2,15,16)/b17-14+. The van der Waals surface area contributed by atoms with Crippen LogP contribution in [0.15, 0.2) is 47.8 Å². The fraction of sp³-hybridized carbons (Fsp3) is 0.143. The van der Waals surface area contributed by atoms with E-state index in [1.807, 2.05) is 30.3 Å². The number of hydrogen-bond acceptors (Lipinski definition) is 5. The molecule has 1 aromatic heterocycles. The van der Waals surface area contributed by atoms with Gasteiger partial charge in [-0.2, -0.15) is 0 Å². The maximum Gasteiger partial charge on any atom is 0.123 e. The van der Waals surface area contributed by atoms with Crippen molar-refractivity contribution < 1.29 is 9.57 Å². The lowest BCUT2D eigenvalue weighted by Crippen LogP contribution is -2.05. The van der Waals surface area contributed by atoms with E-state index in [9.17, 15) is 0 Å². The maximum absolute atomic E-state index is 5.58. The summed E-state index contributed by atoms with van der Waals surface area (Å²) in [4.78, 5) is 8.96. The maximum atomic E-state index is 5.58. The molecular formula is C14H15N3O2. The molecule has 0 amide bonds. The predicted molar refractivity (Wildman–Crippen MR) is 74.3 cm³/mol. The number of methoxy groups -OCH3 is 1. The Bertz CT molecular complexity index is 562. The lowest BCUT2D eigenvalue weighted by Gasteiger charge is -2.07. The third kappa shape index (κ3) is 3.01. The van der Waals surface area contributed by atoms with Crippen LogP contribution >= 0.6 is 0 Å². The van der Waals surface area contributed by atoms with Crippen molar-refractivity contribution in [2.75, 3.05) is 20.0 Å². The highest BCUT2D eigenvalue weighted by molar-refractivity contribution is 6.12. The number of aromatic nitrogens is 1. The summed E-state index contributed by atoms with van der Waals surface area (Å²) >= 11 is 0. The van der Waals surface area contributed by atoms with Crippen molar-refractivity contribution in [2.45, 2.75) is 0 Å². The Morgan fingerprint density at radius 1 is 1.05 bits per heavy atom. The molecule has 0 fully saturated rings. The Kier molecular flexibility index (Phi) is 3.97. The zero-order valence-corrected chi connectivity index (χ0v) is 10.8. The second kappa shape index (κ2) is 5.86. The summed E-state index contributed by atoms with van der Waals surface area (Å²) in [6.07, 6.45) is 1.66. The van der Waals surface area contributed by atoms with E-state index in [1.165, 1.54) is 7.11 Å². The van der Waals surface area contributed by atoms with Crippen LogP contribution in [0, 0.1) is 0 Å². The van der Waals surface area contributed by atoms with E-state index in [0.717, 1.165) is 16.9 Å². The first-order chi connectivity index (χ1) is 9.24. The van der Waals surface area contributed by atoms with Gasteiger partial charge in [-0.15, -0.1) is 0 Å². The molecule has 19 heavy (non-hydrogen) atoms. The van der Waals surface area contributed by atoms with Gasteiger partial charge in [0.25, 0.3) is 0 Å². The fourth-order valence-electron chi connectivity index (χ4n) is 1.66. The van der Waals surface area contributed by atoms with Gasteiger partial charge < -0.3 is 15.3 Å². The quantitative estimate of drug-likeness (QED) is 0.672. The normalized spacial score (nSPS) is 11.2. The van der Waals surface area contributed by atoms with Gasteiger partial charge in [-0.05, 0) is 36.4 Å². The number of anilines is 1. The predicted octanol–water partition coefficient (Wildman–Crippen LogP) is 2.07. The number of nitrogen functional groups attached to an aromatic ring is 1. The molecule has 2 N–H and O–H groups in total. The molecule has 0 saturated heterocycles. The minimum Gasteiger partial charge on any atom is -0.497 e. The highest BCUT2D eigenvalue weighted by Gasteiger charge is 2.08. The first kappa shape index (κ1) is 12.9. The summed E-state index contributed by atoms with van der Waals surface area (Å²) in [6, 6.07) is 11.1. The molecule has 1 heterocycles. The van der Waals surface area contributed by atoms with Gasteiger partial charge in [0.15, 0.2) is 0 Å². The van der Waals surface area contributed by atoms with Crippen LogP contribution in [0.5, 0.6) is 5.75 Å². The molecule has 0 spiro atoms. The van der Waals surface area contributed by atoms with Gasteiger partial charge in [0.1, 0.15) is 24.4 Å². The highest BCUT2D eigenvalue weighted by atomic mass is 16.6. The van der Waals surface area contributed by atoms with Crippen LogP contribution in [0.3, 0.4) is 0 Å². The molecule has 2 aromatic rings. The van der Waals surface area contributed by atoms with Gasteiger partial charge >= 0.3 is 0 Å². The average molecular weight is 257 g/mol. The van der Waals surface area contributed by atoms with Crippen molar-refractivity contribution in [1.29, 1.82) is 0 Å². The third-order valence-electron chi connectivity index (χ3n) is 2.61. The molecule has 0 aliphatic heterocycles. The van der Waals surface area contributed by atoms with Crippen molar-refractivity contribution in [3.8, 4) is 5.75 Å². The number of pyridine rings is 1. The average Bonchev–Trinajstić information content (AvgIpc) is 2.46. The topological polar surface area (TPSA) is 69.7 Å². The molecule has 98 valence electrons. The van der Waals surface area contributed by atoms with Crippen molar-refractivity contribution in [3.63, 3.8) is 0 Å². The summed E-state index contributed by atoms with van der Waals surface area (Å²) in [5.41, 5.74) is 8.02. The lowest BCUT2D eigenvalue weighted by atomic mass is 10.0. The van der Waals surface area contributed by atoms with Crippen molar-refractivity contribution in [1.82, 2.24) is 4.98 Å². The number of nitrogens with two attached hydrogens (primary N) is 1. The van der Waals surface area contributed by atoms with E-state index in [-0.39, 0.29) is 0 Å². The molecule has 0 unspecified atom stereocenters. The molecule has 0 saturated carbocycles. The van der Waals surface area contributed by atoms with E-state index in [0.29, 0.717) is 11.5 Å². The highest BCUT2D eigenvalue weighted by Crippen LogP contribution is 2.16. The summed E-state index contributed by atoms with van der Waals surface area (Å²) < 4.78 is 5.13. The number of rotatable bonds is 4. The van der Waals surface area contributed by atoms with E-state index in [2.05, 4.69) is 10.1 Å². The third-order valence-corrected chi connectivity index (χ3v) is 2.61. The molecule has 0 bridgehead atoms. The first-order valence-electron chi connectivity index (χ1n) is 5.72. The minimum absolute atomic E-state index is 0.468. The van der Waals surface area contributed by atoms with E-state index < -0.39 is 0 Å². The zero-order valence-electron chi connectivity index (χ0n) is 10.8. The van der Waals surface area contributed by atoms with Crippen molar-refractivity contribution in [2.24, 2.45) is 5.16 Å². The number of nitrogens with zero attached hydrogens (tertiary/aromatic N) is 2. The SMILES string of the molecule is CO/N=C(\c1ccc(OC)cc1)c1ccc(N)nc1. The van der Waals surface area contributed by atoms with Crippen LogP contribution in [-0.2, 0) is 4.84 Å². The second-order valence-corrected chi connectivity index (χ2v) is 3.82. The largest absolute Gasteiger partial charge is 0.497 e. The van der Waals surface area contributed by atoms with Crippen LogP contribution in [0.2, 0.25) is 0 Å². The molecule has 0 atom stereocenters. The number of benzene rings is 1. The summed E-state index contributed by atoms with van der Waals surface area (Å²) in [5.74, 6) is 1.26. The van der Waals surface area contributed by atoms with Crippen LogP contribution in [0.25, 0.3) is 0 Å². The lowest BCUT2D eigenvalue weighted by molar-refractivity contribution is 0.214. The van der Waals surface area contributed by atoms with Gasteiger partial charge in [0.2, 0.25) is 0 Å². The van der Waals surface area contributed by atoms with Crippen molar-refractivity contribution in [3.05, 3.63) is 53.7 Å². The Balaban J connectivity index is 2.39. The Morgan fingerprint density at radius 2 is 1.74 bits per heavy atom. The smallest absolute Gasteiger partial charge is 0.123 e. The zero-order chi connectivity index (χ0) is 13.7. The molecule has 1 aromatic carbocycles. The van der Waals surface area contributed by atoms with Gasteiger partial charge in [-0.25, -0.2) is 4.98 Å². The van der Waals surface area contributed by atoms with Crippen LogP contribution < -0.4 is 10.5 Å². The molecule has 5 nitrogen and oxygen atoms in total. The van der Waals surface area contributed by atoms with Gasteiger partial charge in [-0.1, -0.05) is 5.16 Å². The van der Waals surface area contributed by atoms with Gasteiger partial charge in [0.05, 0.1) is 7.11 Å². The van der Waals surface area contributed by atoms with E-state index >= 15 is 0 Å². The van der Waals surface area contributed by atoms with Gasteiger partial charge in [0, 0.05) is 17.3 Å². The second-order valence-electron chi connectivity index (χ2n) is 3.82. The summed E-state index contributed by atoms with van der Waals surface area (Å²) in [6.45, 7) is 0. The Hall–Kier alpha value is -2.56. The molecule has 0 radical (unpaired) electrons. The van der Waals surface area contributed by atoms with Crippen LogP contribution in [0.4, 0.5) is 5.82 Å². The van der Waals surface area contributed by atoms with Crippen LogP contribution in [-0.4, -0.2) is 24.9 Å². The molecular weight excluding hydrogens is 242 g/mol. The summed E-state index contributed by atoms with van der Waals surface area (Å²) in [5, 5.41) is 4.04. The Labute approximate surface area is 111 Å². The van der Waals surface area contributed by atoms with Crippen molar-refractivity contribution >= 4 is 11.5 Å². The fourth-order valence-corrected chi connectivity index (χ4v) is 1.66. The number of hydrogen-bond donors (Lipinski definition) is 1. The van der Waals surface area contributed by atoms with E-state index in [1.54, 1.807) is 19.4 Å². The monoisotopic (exact) mass is 257 g/mol. The minimum atomic E-state index is 0.468. The van der Waals surface area contributed by atoms with E-state index in [4.69, 9.17) is 15.3 Å². The van der Waals surface area contributed by atoms with Gasteiger partial charge in [-0.3, -0.25) is 0 Å². The molecule has 0 aliphatic carbocycles. The summed E-state index contributed by atoms with van der Waals surface area (Å²) in [7, 11) is 3.14. The van der Waals surface area contributed by atoms with Crippen LogP contribution in [0.1, 0.15) is 11.1 Å². The molecule has 2 rings (SSSR count). The molecule has 0 aliphatic rings. The Morgan fingerprint density at radius 3 is 2.26 bits per heavy atom. The first-order valence-corrected chi connectivity index (χ1v) is 5.72. The molecule has 5 heteroatoms. The number of oxime groups is 1. The number of ether oxygens (including phenoxy) is 1.